The van der Waals surface area contributed by atoms with Gasteiger partial charge in [0.1, 0.15) is 5.75 Å². The summed E-state index contributed by atoms with van der Waals surface area (Å²) in [5, 5.41) is 3.38. The van der Waals surface area contributed by atoms with Crippen molar-refractivity contribution in [1.29, 1.82) is 0 Å². The van der Waals surface area contributed by atoms with Crippen LogP contribution in [-0.2, 0) is 9.59 Å². The van der Waals surface area contributed by atoms with Crippen molar-refractivity contribution in [2.45, 2.75) is 38.8 Å². The van der Waals surface area contributed by atoms with Gasteiger partial charge in [-0.2, -0.15) is 0 Å². The van der Waals surface area contributed by atoms with Gasteiger partial charge in [0.05, 0.1) is 19.1 Å². The first-order valence-corrected chi connectivity index (χ1v) is 9.27. The first-order valence-electron chi connectivity index (χ1n) is 9.27. The van der Waals surface area contributed by atoms with Crippen LogP contribution in [0.15, 0.2) is 24.3 Å². The molecule has 0 bridgehead atoms. The Hall–Kier alpha value is -2.08. The number of carbonyl (C=O) groups excluding carboxylic acids is 2. The van der Waals surface area contributed by atoms with Crippen molar-refractivity contribution in [1.82, 2.24) is 15.1 Å². The van der Waals surface area contributed by atoms with Crippen molar-refractivity contribution in [3.63, 3.8) is 0 Å². The van der Waals surface area contributed by atoms with E-state index in [9.17, 15) is 9.59 Å². The van der Waals surface area contributed by atoms with E-state index in [2.05, 4.69) is 5.32 Å². The quantitative estimate of drug-likeness (QED) is 0.894. The Morgan fingerprint density at radius 1 is 1.27 bits per heavy atom. The van der Waals surface area contributed by atoms with Gasteiger partial charge < -0.3 is 19.9 Å². The topological polar surface area (TPSA) is 61.9 Å². The molecule has 1 aromatic carbocycles. The summed E-state index contributed by atoms with van der Waals surface area (Å²) in [4.78, 5) is 29.4. The zero-order valence-electron chi connectivity index (χ0n) is 16.1. The maximum Gasteiger partial charge on any atom is 0.228 e. The van der Waals surface area contributed by atoms with Gasteiger partial charge in [0.2, 0.25) is 11.8 Å². The lowest BCUT2D eigenvalue weighted by molar-refractivity contribution is -0.139. The highest BCUT2D eigenvalue weighted by molar-refractivity contribution is 5.90. The van der Waals surface area contributed by atoms with Crippen molar-refractivity contribution in [3.05, 3.63) is 29.8 Å². The molecule has 0 aromatic heterocycles. The lowest BCUT2D eigenvalue weighted by Gasteiger charge is -2.38. The van der Waals surface area contributed by atoms with Crippen LogP contribution < -0.4 is 10.1 Å². The van der Waals surface area contributed by atoms with Crippen molar-refractivity contribution in [3.8, 4) is 5.75 Å². The second kappa shape index (κ2) is 7.27. The van der Waals surface area contributed by atoms with E-state index in [0.29, 0.717) is 26.1 Å². The van der Waals surface area contributed by atoms with Crippen molar-refractivity contribution in [2.24, 2.45) is 5.92 Å². The molecule has 2 saturated heterocycles. The van der Waals surface area contributed by atoms with Crippen molar-refractivity contribution >= 4 is 11.8 Å². The smallest absolute Gasteiger partial charge is 0.228 e. The molecule has 2 aliphatic heterocycles. The maximum absolute atomic E-state index is 13.3. The zero-order chi connectivity index (χ0) is 18.9. The monoisotopic (exact) mass is 359 g/mol. The van der Waals surface area contributed by atoms with Crippen LogP contribution in [0.4, 0.5) is 0 Å². The fourth-order valence-electron chi connectivity index (χ4n) is 3.94. The average molecular weight is 359 g/mol. The number of carbonyl (C=O) groups is 2. The molecule has 0 saturated carbocycles. The van der Waals surface area contributed by atoms with Crippen LogP contribution in [0.5, 0.6) is 5.75 Å². The number of hydrogen-bond acceptors (Lipinski definition) is 4. The normalized spacial score (nSPS) is 24.1. The molecule has 2 unspecified atom stereocenters. The summed E-state index contributed by atoms with van der Waals surface area (Å²) in [6.07, 6.45) is 0.304. The summed E-state index contributed by atoms with van der Waals surface area (Å²) in [6, 6.07) is 7.76. The average Bonchev–Trinajstić information content (AvgIpc) is 3.03. The van der Waals surface area contributed by atoms with E-state index in [4.69, 9.17) is 4.74 Å². The van der Waals surface area contributed by atoms with Gasteiger partial charge in [0.15, 0.2) is 0 Å². The number of para-hydroxylation sites is 1. The summed E-state index contributed by atoms with van der Waals surface area (Å²) in [5.41, 5.74) is 0.755. The Labute approximate surface area is 155 Å². The summed E-state index contributed by atoms with van der Waals surface area (Å²) < 4.78 is 5.50. The number of amides is 2. The van der Waals surface area contributed by atoms with Crippen LogP contribution in [0.1, 0.15) is 38.8 Å². The number of piperazine rings is 1. The van der Waals surface area contributed by atoms with Crippen LogP contribution in [-0.4, -0.2) is 60.4 Å². The van der Waals surface area contributed by atoms with Gasteiger partial charge in [-0.05, 0) is 26.8 Å². The number of rotatable bonds is 3. The van der Waals surface area contributed by atoms with Crippen molar-refractivity contribution in [2.75, 3.05) is 33.3 Å². The van der Waals surface area contributed by atoms with E-state index in [1.165, 1.54) is 0 Å². The molecule has 1 N–H and O–H groups in total. The highest BCUT2D eigenvalue weighted by atomic mass is 16.5. The minimum atomic E-state index is -0.267. The molecule has 3 rings (SSSR count). The number of likely N-dealkylation sites (tertiary alicyclic amines) is 1. The summed E-state index contributed by atoms with van der Waals surface area (Å²) in [5.74, 6) is 0.664. The standard InChI is InChI=1S/C20H29N3O3/c1-20(2,3)23-13-14(11-18(23)24)19(25)22-10-9-21-12-16(22)15-7-5-6-8-17(15)26-4/h5-8,14,16,21H,9-13H2,1-4H3. The third-order valence-corrected chi connectivity index (χ3v) is 5.31. The predicted molar refractivity (Wildman–Crippen MR) is 99.9 cm³/mol. The van der Waals surface area contributed by atoms with Crippen LogP contribution in [0.3, 0.4) is 0 Å². The molecular formula is C20H29N3O3. The third kappa shape index (κ3) is 3.56. The van der Waals surface area contributed by atoms with Gasteiger partial charge in [-0.15, -0.1) is 0 Å². The number of benzene rings is 1. The zero-order valence-corrected chi connectivity index (χ0v) is 16.1. The Bertz CT molecular complexity index is 683. The molecule has 6 heteroatoms. The van der Waals surface area contributed by atoms with E-state index in [1.54, 1.807) is 7.11 Å². The first-order chi connectivity index (χ1) is 12.3. The molecule has 142 valence electrons. The molecule has 2 atom stereocenters. The molecular weight excluding hydrogens is 330 g/mol. The van der Waals surface area contributed by atoms with E-state index in [0.717, 1.165) is 17.9 Å². The number of methoxy groups -OCH3 is 1. The van der Waals surface area contributed by atoms with Crippen LogP contribution in [0.25, 0.3) is 0 Å². The van der Waals surface area contributed by atoms with E-state index in [1.807, 2.05) is 54.8 Å². The predicted octanol–water partition coefficient (Wildman–Crippen LogP) is 1.82. The van der Waals surface area contributed by atoms with Crippen LogP contribution in [0, 0.1) is 5.92 Å². The van der Waals surface area contributed by atoms with Gasteiger partial charge in [-0.1, -0.05) is 18.2 Å². The molecule has 6 nitrogen and oxygen atoms in total. The van der Waals surface area contributed by atoms with Crippen LogP contribution in [0.2, 0.25) is 0 Å². The molecule has 0 spiro atoms. The minimum Gasteiger partial charge on any atom is -0.496 e. The Kier molecular flexibility index (Phi) is 5.23. The summed E-state index contributed by atoms with van der Waals surface area (Å²) >= 11 is 0. The second-order valence-electron chi connectivity index (χ2n) is 8.07. The van der Waals surface area contributed by atoms with Gasteiger partial charge in [0, 0.05) is 43.7 Å². The van der Waals surface area contributed by atoms with Gasteiger partial charge in [-0.3, -0.25) is 9.59 Å². The van der Waals surface area contributed by atoms with Gasteiger partial charge in [0.25, 0.3) is 0 Å². The fourth-order valence-corrected chi connectivity index (χ4v) is 3.94. The highest BCUT2D eigenvalue weighted by Gasteiger charge is 2.42. The van der Waals surface area contributed by atoms with Crippen LogP contribution >= 0.6 is 0 Å². The SMILES string of the molecule is COc1ccccc1C1CNCCN1C(=O)C1CC(=O)N(C(C)(C)C)C1. The first kappa shape index (κ1) is 18.7. The Balaban J connectivity index is 1.82. The Morgan fingerprint density at radius 3 is 2.65 bits per heavy atom. The van der Waals surface area contributed by atoms with Gasteiger partial charge >= 0.3 is 0 Å². The van der Waals surface area contributed by atoms with E-state index < -0.39 is 0 Å². The molecule has 1 aromatic rings. The molecule has 26 heavy (non-hydrogen) atoms. The molecule has 2 aliphatic rings. The van der Waals surface area contributed by atoms with E-state index in [-0.39, 0.29) is 29.3 Å². The second-order valence-corrected chi connectivity index (χ2v) is 8.07. The summed E-state index contributed by atoms with van der Waals surface area (Å²) in [7, 11) is 1.65. The molecule has 0 aliphatic carbocycles. The third-order valence-electron chi connectivity index (χ3n) is 5.31. The van der Waals surface area contributed by atoms with Crippen molar-refractivity contribution < 1.29 is 14.3 Å². The lowest BCUT2D eigenvalue weighted by atomic mass is 9.98. The fraction of sp³-hybridized carbons (Fsp3) is 0.600. The molecule has 2 heterocycles. The molecule has 0 radical (unpaired) electrons. The highest BCUT2D eigenvalue weighted by Crippen LogP contribution is 2.33. The number of hydrogen-bond donors (Lipinski definition) is 1. The summed E-state index contributed by atoms with van der Waals surface area (Å²) in [6.45, 7) is 8.64. The number of nitrogens with zero attached hydrogens (tertiary/aromatic N) is 2. The molecule has 2 amide bonds. The number of ether oxygens (including phenoxy) is 1. The van der Waals surface area contributed by atoms with E-state index >= 15 is 0 Å². The Morgan fingerprint density at radius 2 is 2.00 bits per heavy atom. The largest absolute Gasteiger partial charge is 0.496 e. The minimum absolute atomic E-state index is 0.0693. The van der Waals surface area contributed by atoms with Gasteiger partial charge in [-0.25, -0.2) is 0 Å². The molecule has 2 fully saturated rings. The number of nitrogens with one attached hydrogen (secondary N) is 1. The lowest BCUT2D eigenvalue weighted by Crippen LogP contribution is -2.51. The maximum atomic E-state index is 13.3.